The maximum absolute atomic E-state index is 13.5. The van der Waals surface area contributed by atoms with Crippen molar-refractivity contribution in [2.24, 2.45) is 0 Å². The molecule has 2 aromatic rings. The number of aryl methyl sites for hydroxylation is 1. The van der Waals surface area contributed by atoms with Crippen molar-refractivity contribution >= 4 is 21.6 Å². The zero-order valence-electron chi connectivity index (χ0n) is 15.5. The normalized spacial score (nSPS) is 19.4. The number of nitrogens with one attached hydrogen (secondary N) is 1. The van der Waals surface area contributed by atoms with E-state index in [-0.39, 0.29) is 36.6 Å². The van der Waals surface area contributed by atoms with E-state index in [1.54, 1.807) is 25.1 Å². The van der Waals surface area contributed by atoms with E-state index in [2.05, 4.69) is 5.32 Å². The number of furan rings is 1. The van der Waals surface area contributed by atoms with Gasteiger partial charge in [0.1, 0.15) is 11.5 Å². The van der Waals surface area contributed by atoms with Crippen LogP contribution in [0.25, 0.3) is 0 Å². The van der Waals surface area contributed by atoms with Gasteiger partial charge in [0.05, 0.1) is 29.5 Å². The average Bonchev–Trinajstić information content (AvgIpc) is 3.34. The maximum atomic E-state index is 13.5. The summed E-state index contributed by atoms with van der Waals surface area (Å²) >= 11 is 0. The summed E-state index contributed by atoms with van der Waals surface area (Å²) in [5.41, 5.74) is 1.01. The van der Waals surface area contributed by atoms with Gasteiger partial charge < -0.3 is 19.2 Å². The molecule has 1 amide bonds. The van der Waals surface area contributed by atoms with Crippen LogP contribution in [-0.4, -0.2) is 44.5 Å². The number of nitrogens with zero attached hydrogens (tertiary/aromatic N) is 1. The number of fused-ring (bicyclic) bond motifs is 1. The molecule has 9 heteroatoms. The molecule has 0 aliphatic carbocycles. The molecule has 1 aromatic heterocycles. The molecule has 1 atom stereocenters. The van der Waals surface area contributed by atoms with Gasteiger partial charge in [-0.1, -0.05) is 0 Å². The Bertz CT molecular complexity index is 965. The van der Waals surface area contributed by atoms with Crippen LogP contribution in [0.2, 0.25) is 0 Å². The predicted molar refractivity (Wildman–Crippen MR) is 101 cm³/mol. The zero-order valence-corrected chi connectivity index (χ0v) is 16.3. The Morgan fingerprint density at radius 2 is 2.18 bits per heavy atom. The van der Waals surface area contributed by atoms with E-state index in [0.29, 0.717) is 29.4 Å². The predicted octanol–water partition coefficient (Wildman–Crippen LogP) is 2.29. The third-order valence-electron chi connectivity index (χ3n) is 4.87. The summed E-state index contributed by atoms with van der Waals surface area (Å²) < 4.78 is 44.8. The van der Waals surface area contributed by atoms with Crippen molar-refractivity contribution in [1.82, 2.24) is 4.31 Å². The smallest absolute Gasteiger partial charge is 0.262 e. The minimum atomic E-state index is -3.84. The van der Waals surface area contributed by atoms with Gasteiger partial charge in [-0.05, 0) is 43.5 Å². The Morgan fingerprint density at radius 3 is 2.89 bits per heavy atom. The van der Waals surface area contributed by atoms with Gasteiger partial charge >= 0.3 is 0 Å². The Kier molecular flexibility index (Phi) is 5.13. The zero-order chi connectivity index (χ0) is 19.7. The molecule has 8 nitrogen and oxygen atoms in total. The lowest BCUT2D eigenvalue weighted by atomic mass is 10.2. The average molecular weight is 406 g/mol. The van der Waals surface area contributed by atoms with Gasteiger partial charge in [-0.3, -0.25) is 4.79 Å². The number of carbonyl (C=O) groups excluding carboxylic acids is 1. The second-order valence-electron chi connectivity index (χ2n) is 6.96. The summed E-state index contributed by atoms with van der Waals surface area (Å²) in [5, 5.41) is 2.70. The van der Waals surface area contributed by atoms with Crippen LogP contribution in [0.1, 0.15) is 24.2 Å². The summed E-state index contributed by atoms with van der Waals surface area (Å²) in [6.07, 6.45) is 3.12. The molecule has 2 aliphatic heterocycles. The van der Waals surface area contributed by atoms with Crippen LogP contribution >= 0.6 is 0 Å². The molecule has 1 fully saturated rings. The Hall–Kier alpha value is -2.36. The van der Waals surface area contributed by atoms with Crippen LogP contribution in [0.4, 0.5) is 5.69 Å². The van der Waals surface area contributed by atoms with Crippen LogP contribution < -0.4 is 10.1 Å². The molecular formula is C19H22N2O6S. The third kappa shape index (κ3) is 3.78. The summed E-state index contributed by atoms with van der Waals surface area (Å²) in [5.74, 6) is 0.639. The molecule has 0 unspecified atom stereocenters. The highest BCUT2D eigenvalue weighted by atomic mass is 32.2. The molecule has 0 saturated carbocycles. The fourth-order valence-corrected chi connectivity index (χ4v) is 5.13. The number of hydrogen-bond donors (Lipinski definition) is 1. The number of carbonyl (C=O) groups is 1. The van der Waals surface area contributed by atoms with Gasteiger partial charge in [0, 0.05) is 19.2 Å². The Morgan fingerprint density at radius 1 is 1.32 bits per heavy atom. The molecule has 3 heterocycles. The summed E-state index contributed by atoms with van der Waals surface area (Å²) in [4.78, 5) is 11.7. The third-order valence-corrected chi connectivity index (χ3v) is 6.83. The number of benzene rings is 1. The van der Waals surface area contributed by atoms with Gasteiger partial charge in [0.25, 0.3) is 5.91 Å². The lowest BCUT2D eigenvalue weighted by Gasteiger charge is -2.26. The molecule has 150 valence electrons. The van der Waals surface area contributed by atoms with E-state index in [4.69, 9.17) is 13.9 Å². The number of ether oxygens (including phenoxy) is 2. The topological polar surface area (TPSA) is 98.1 Å². The molecule has 2 aliphatic rings. The number of amides is 1. The first kappa shape index (κ1) is 19.0. The highest BCUT2D eigenvalue weighted by molar-refractivity contribution is 7.89. The molecule has 0 radical (unpaired) electrons. The molecule has 0 bridgehead atoms. The quantitative estimate of drug-likeness (QED) is 0.790. The fraction of sp³-hybridized carbons (Fsp3) is 0.421. The number of rotatable bonds is 6. The second-order valence-corrected chi connectivity index (χ2v) is 8.87. The van der Waals surface area contributed by atoms with E-state index >= 15 is 0 Å². The van der Waals surface area contributed by atoms with Crippen LogP contribution in [0, 0.1) is 6.92 Å². The molecule has 1 N–H and O–H groups in total. The molecule has 1 aromatic carbocycles. The van der Waals surface area contributed by atoms with Crippen molar-refractivity contribution in [2.45, 2.75) is 37.3 Å². The van der Waals surface area contributed by atoms with E-state index in [0.717, 1.165) is 12.8 Å². The minimum absolute atomic E-state index is 0.114. The number of sulfonamides is 1. The van der Waals surface area contributed by atoms with E-state index in [1.807, 2.05) is 0 Å². The van der Waals surface area contributed by atoms with E-state index < -0.39 is 10.0 Å². The van der Waals surface area contributed by atoms with Crippen molar-refractivity contribution in [3.63, 3.8) is 0 Å². The van der Waals surface area contributed by atoms with Gasteiger partial charge in [-0.15, -0.1) is 0 Å². The first-order valence-electron chi connectivity index (χ1n) is 9.15. The summed E-state index contributed by atoms with van der Waals surface area (Å²) in [7, 11) is -3.84. The molecule has 28 heavy (non-hydrogen) atoms. The molecular weight excluding hydrogens is 384 g/mol. The van der Waals surface area contributed by atoms with Crippen LogP contribution in [0.5, 0.6) is 5.75 Å². The van der Waals surface area contributed by atoms with Gasteiger partial charge in [-0.25, -0.2) is 8.42 Å². The summed E-state index contributed by atoms with van der Waals surface area (Å²) in [6.45, 7) is 2.57. The van der Waals surface area contributed by atoms with E-state index in [9.17, 15) is 13.2 Å². The Labute approximate surface area is 163 Å². The maximum Gasteiger partial charge on any atom is 0.262 e. The van der Waals surface area contributed by atoms with Crippen molar-refractivity contribution in [3.8, 4) is 5.75 Å². The van der Waals surface area contributed by atoms with Crippen molar-refractivity contribution in [3.05, 3.63) is 41.9 Å². The van der Waals surface area contributed by atoms with Crippen molar-refractivity contribution < 1.29 is 27.1 Å². The molecule has 1 saturated heterocycles. The minimum Gasteiger partial charge on any atom is -0.482 e. The van der Waals surface area contributed by atoms with E-state index in [1.165, 1.54) is 16.6 Å². The van der Waals surface area contributed by atoms with Crippen molar-refractivity contribution in [1.29, 1.82) is 0 Å². The van der Waals surface area contributed by atoms with Crippen molar-refractivity contribution in [2.75, 3.05) is 25.1 Å². The lowest BCUT2D eigenvalue weighted by Crippen LogP contribution is -2.37. The number of anilines is 1. The standard InChI is InChI=1S/C19H22N2O6S/c1-13-8-16-17(27-12-19(22)20-16)9-18(13)28(23,24)21(10-14-4-2-6-25-14)11-15-5-3-7-26-15/h2,4,6,8-9,15H,3,5,7,10-12H2,1H3,(H,20,22)/t15-/m1/s1. The Balaban J connectivity index is 1.68. The lowest BCUT2D eigenvalue weighted by molar-refractivity contribution is -0.118. The van der Waals surface area contributed by atoms with Gasteiger partial charge in [0.2, 0.25) is 10.0 Å². The summed E-state index contributed by atoms with van der Waals surface area (Å²) in [6, 6.07) is 6.57. The number of hydrogen-bond acceptors (Lipinski definition) is 6. The monoisotopic (exact) mass is 406 g/mol. The van der Waals surface area contributed by atoms with Crippen LogP contribution in [0.15, 0.2) is 39.8 Å². The first-order chi connectivity index (χ1) is 13.4. The molecule has 4 rings (SSSR count). The highest BCUT2D eigenvalue weighted by Gasteiger charge is 2.32. The second kappa shape index (κ2) is 7.57. The van der Waals surface area contributed by atoms with Gasteiger partial charge in [-0.2, -0.15) is 4.31 Å². The van der Waals surface area contributed by atoms with Gasteiger partial charge in [0.15, 0.2) is 6.61 Å². The first-order valence-corrected chi connectivity index (χ1v) is 10.6. The largest absolute Gasteiger partial charge is 0.482 e. The molecule has 0 spiro atoms. The van der Waals surface area contributed by atoms with Crippen LogP contribution in [0.3, 0.4) is 0 Å². The highest BCUT2D eigenvalue weighted by Crippen LogP contribution is 2.34. The SMILES string of the molecule is Cc1cc2c(cc1S(=O)(=O)N(Cc1ccco1)C[C@H]1CCCO1)OCC(=O)N2. The van der Waals surface area contributed by atoms with Crippen LogP contribution in [-0.2, 0) is 26.1 Å². The fourth-order valence-electron chi connectivity index (χ4n) is 3.47.